The van der Waals surface area contributed by atoms with Crippen LogP contribution in [-0.2, 0) is 6.54 Å². The third-order valence-electron chi connectivity index (χ3n) is 4.31. The number of hydrogen-bond donors (Lipinski definition) is 1. The van der Waals surface area contributed by atoms with E-state index in [1.165, 1.54) is 36.2 Å². The predicted octanol–water partition coefficient (Wildman–Crippen LogP) is 6.32. The molecule has 0 saturated carbocycles. The highest BCUT2D eigenvalue weighted by molar-refractivity contribution is 5.46. The molecule has 0 amide bonds. The van der Waals surface area contributed by atoms with Crippen LogP contribution in [-0.4, -0.2) is 0 Å². The highest BCUT2D eigenvalue weighted by Gasteiger charge is 2.11. The number of nitrogens with zero attached hydrogens (tertiary/aromatic N) is 1. The maximum absolute atomic E-state index is 3.69. The first-order valence-electron chi connectivity index (χ1n) is 9.54. The Bertz CT molecular complexity index is 617. The Morgan fingerprint density at radius 1 is 0.960 bits per heavy atom. The summed E-state index contributed by atoms with van der Waals surface area (Å²) in [6.07, 6.45) is 7.35. The zero-order valence-corrected chi connectivity index (χ0v) is 15.9. The molecule has 134 valence electrons. The molecule has 2 nitrogen and oxygen atoms in total. The predicted molar refractivity (Wildman–Crippen MR) is 109 cm³/mol. The monoisotopic (exact) mass is 336 g/mol. The van der Waals surface area contributed by atoms with E-state index in [0.29, 0.717) is 5.92 Å². The number of benzene rings is 2. The van der Waals surface area contributed by atoms with Crippen LogP contribution >= 0.6 is 0 Å². The molecule has 0 aromatic heterocycles. The Kier molecular flexibility index (Phi) is 8.11. The van der Waals surface area contributed by atoms with Crippen LogP contribution < -0.4 is 10.4 Å². The molecule has 0 aliphatic carbocycles. The van der Waals surface area contributed by atoms with Crippen molar-refractivity contribution in [2.75, 3.05) is 5.01 Å². The smallest absolute Gasteiger partial charge is 0.0644 e. The number of rotatable bonds is 10. The van der Waals surface area contributed by atoms with Crippen LogP contribution in [0, 0.1) is 5.92 Å². The summed E-state index contributed by atoms with van der Waals surface area (Å²) in [6.45, 7) is 7.60. The average molecular weight is 337 g/mol. The van der Waals surface area contributed by atoms with E-state index in [2.05, 4.69) is 97.9 Å². The normalized spacial score (nSPS) is 11.6. The molecule has 0 aliphatic rings. The van der Waals surface area contributed by atoms with Gasteiger partial charge in [0.1, 0.15) is 0 Å². The molecular formula is C23H32N2. The van der Waals surface area contributed by atoms with E-state index in [4.69, 9.17) is 0 Å². The van der Waals surface area contributed by atoms with Crippen LogP contribution in [0.3, 0.4) is 0 Å². The Hall–Kier alpha value is -2.22. The van der Waals surface area contributed by atoms with Gasteiger partial charge in [0.25, 0.3) is 0 Å². The second kappa shape index (κ2) is 10.6. The lowest BCUT2D eigenvalue weighted by Crippen LogP contribution is -2.38. The lowest BCUT2D eigenvalue weighted by atomic mass is 10.1. The van der Waals surface area contributed by atoms with Gasteiger partial charge in [-0.25, -0.2) is 0 Å². The van der Waals surface area contributed by atoms with E-state index in [9.17, 15) is 0 Å². The molecule has 25 heavy (non-hydrogen) atoms. The molecule has 0 unspecified atom stereocenters. The van der Waals surface area contributed by atoms with Crippen molar-refractivity contribution in [3.05, 3.63) is 78.0 Å². The van der Waals surface area contributed by atoms with Crippen LogP contribution in [0.25, 0.3) is 0 Å². The first-order valence-corrected chi connectivity index (χ1v) is 9.54. The summed E-state index contributed by atoms with van der Waals surface area (Å²) in [5.74, 6) is 0.476. The molecule has 0 aliphatic heterocycles. The van der Waals surface area contributed by atoms with Crippen molar-refractivity contribution in [2.24, 2.45) is 5.92 Å². The van der Waals surface area contributed by atoms with E-state index >= 15 is 0 Å². The van der Waals surface area contributed by atoms with Crippen molar-refractivity contribution in [1.82, 2.24) is 5.43 Å². The molecule has 2 heteroatoms. The number of unbranched alkanes of at least 4 members (excludes halogenated alkanes) is 3. The van der Waals surface area contributed by atoms with E-state index in [1.54, 1.807) is 0 Å². The van der Waals surface area contributed by atoms with Gasteiger partial charge >= 0.3 is 0 Å². The van der Waals surface area contributed by atoms with Gasteiger partial charge in [-0.05, 0) is 36.5 Å². The Labute approximate surface area is 153 Å². The summed E-state index contributed by atoms with van der Waals surface area (Å²) in [5, 5.41) is 2.25. The van der Waals surface area contributed by atoms with Gasteiger partial charge < -0.3 is 5.43 Å². The number of hydrogen-bond acceptors (Lipinski definition) is 2. The number of hydrazine groups is 1. The van der Waals surface area contributed by atoms with Crippen LogP contribution in [0.15, 0.2) is 72.4 Å². The van der Waals surface area contributed by atoms with Crippen LogP contribution in [0.4, 0.5) is 5.69 Å². The molecule has 2 aromatic carbocycles. The maximum atomic E-state index is 3.69. The minimum atomic E-state index is 0.476. The van der Waals surface area contributed by atoms with Crippen molar-refractivity contribution in [1.29, 1.82) is 0 Å². The second-order valence-corrected chi connectivity index (χ2v) is 6.83. The van der Waals surface area contributed by atoms with Crippen LogP contribution in [0.2, 0.25) is 0 Å². The number of anilines is 1. The minimum Gasteiger partial charge on any atom is -0.302 e. The fraction of sp³-hybridized carbons (Fsp3) is 0.391. The Morgan fingerprint density at radius 3 is 2.20 bits per heavy atom. The Balaban J connectivity index is 2.15. The summed E-state index contributed by atoms with van der Waals surface area (Å²) < 4.78 is 0. The van der Waals surface area contributed by atoms with E-state index in [-0.39, 0.29) is 0 Å². The Morgan fingerprint density at radius 2 is 1.60 bits per heavy atom. The third kappa shape index (κ3) is 6.66. The van der Waals surface area contributed by atoms with Gasteiger partial charge in [0.15, 0.2) is 0 Å². The third-order valence-corrected chi connectivity index (χ3v) is 4.31. The number of allylic oxidation sites excluding steroid dienone is 2. The van der Waals surface area contributed by atoms with Gasteiger partial charge in [0.05, 0.1) is 12.2 Å². The molecule has 0 radical (unpaired) electrons. The largest absolute Gasteiger partial charge is 0.302 e. The fourth-order valence-corrected chi connectivity index (χ4v) is 2.79. The van der Waals surface area contributed by atoms with Gasteiger partial charge in [-0.15, -0.1) is 0 Å². The molecule has 2 rings (SSSR count). The molecule has 0 spiro atoms. The SMILES string of the molecule is CCCCCC=C(NN(Cc1ccccc1)c1ccccc1)C(C)C. The summed E-state index contributed by atoms with van der Waals surface area (Å²) in [5.41, 5.74) is 7.48. The topological polar surface area (TPSA) is 15.3 Å². The lowest BCUT2D eigenvalue weighted by Gasteiger charge is -2.29. The molecule has 0 bridgehead atoms. The summed E-state index contributed by atoms with van der Waals surface area (Å²) >= 11 is 0. The molecule has 1 N–H and O–H groups in total. The summed E-state index contributed by atoms with van der Waals surface area (Å²) in [7, 11) is 0. The fourth-order valence-electron chi connectivity index (χ4n) is 2.79. The molecule has 0 atom stereocenters. The van der Waals surface area contributed by atoms with E-state index in [0.717, 1.165) is 13.0 Å². The van der Waals surface area contributed by atoms with Crippen LogP contribution in [0.5, 0.6) is 0 Å². The quantitative estimate of drug-likeness (QED) is 0.403. The second-order valence-electron chi connectivity index (χ2n) is 6.83. The zero-order chi connectivity index (χ0) is 17.9. The number of para-hydroxylation sites is 1. The highest BCUT2D eigenvalue weighted by Crippen LogP contribution is 2.18. The summed E-state index contributed by atoms with van der Waals surface area (Å²) in [6, 6.07) is 21.2. The van der Waals surface area contributed by atoms with Gasteiger partial charge in [0, 0.05) is 5.70 Å². The molecule has 0 heterocycles. The van der Waals surface area contributed by atoms with Crippen molar-refractivity contribution < 1.29 is 0 Å². The van der Waals surface area contributed by atoms with Crippen molar-refractivity contribution in [3.8, 4) is 0 Å². The maximum Gasteiger partial charge on any atom is 0.0644 e. The van der Waals surface area contributed by atoms with Gasteiger partial charge in [-0.1, -0.05) is 88.2 Å². The van der Waals surface area contributed by atoms with Gasteiger partial charge in [-0.3, -0.25) is 5.01 Å². The minimum absolute atomic E-state index is 0.476. The van der Waals surface area contributed by atoms with E-state index in [1.807, 2.05) is 0 Å². The van der Waals surface area contributed by atoms with Crippen molar-refractivity contribution in [2.45, 2.75) is 53.0 Å². The molecule has 2 aromatic rings. The lowest BCUT2D eigenvalue weighted by molar-refractivity contribution is 0.602. The first-order chi connectivity index (χ1) is 12.2. The summed E-state index contributed by atoms with van der Waals surface area (Å²) in [4.78, 5) is 0. The first kappa shape index (κ1) is 19.1. The zero-order valence-electron chi connectivity index (χ0n) is 15.9. The average Bonchev–Trinajstić information content (AvgIpc) is 2.64. The van der Waals surface area contributed by atoms with Gasteiger partial charge in [0.2, 0.25) is 0 Å². The highest BCUT2D eigenvalue weighted by atomic mass is 15.5. The molecule has 0 fully saturated rings. The molecule has 0 saturated heterocycles. The van der Waals surface area contributed by atoms with Crippen molar-refractivity contribution in [3.63, 3.8) is 0 Å². The van der Waals surface area contributed by atoms with Crippen LogP contribution in [0.1, 0.15) is 52.0 Å². The molecular weight excluding hydrogens is 304 g/mol. The standard InChI is InChI=1S/C23H32N2/c1-4-5-6-13-18-23(20(2)3)24-25(22-16-11-8-12-17-22)19-21-14-9-7-10-15-21/h7-12,14-18,20,24H,4-6,13,19H2,1-3H3. The van der Waals surface area contributed by atoms with Crippen molar-refractivity contribution >= 4 is 5.69 Å². The van der Waals surface area contributed by atoms with E-state index < -0.39 is 0 Å². The van der Waals surface area contributed by atoms with Gasteiger partial charge in [-0.2, -0.15) is 0 Å². The number of nitrogens with one attached hydrogen (secondary N) is 1.